The molecule has 0 aromatic rings. The first-order valence-corrected chi connectivity index (χ1v) is 4.01. The summed E-state index contributed by atoms with van der Waals surface area (Å²) >= 11 is 0. The van der Waals surface area contributed by atoms with E-state index in [1.807, 2.05) is 0 Å². The maximum absolute atomic E-state index is 3.46. The molecule has 0 amide bonds. The Labute approximate surface area is 63.5 Å². The summed E-state index contributed by atoms with van der Waals surface area (Å²) in [5, 5.41) is 3.46. The Balaban J connectivity index is 2.07. The standard InChI is InChI=1S/C9H17N/c1-4-5-6-10-8-7-9(8,2)3/h4-5,8,10H,6-7H2,1-3H3/b5-4+. The van der Waals surface area contributed by atoms with Crippen LogP contribution < -0.4 is 5.32 Å². The zero-order valence-corrected chi connectivity index (χ0v) is 7.15. The molecule has 0 aromatic carbocycles. The van der Waals surface area contributed by atoms with Crippen LogP contribution in [0.25, 0.3) is 0 Å². The van der Waals surface area contributed by atoms with Crippen LogP contribution in [0.5, 0.6) is 0 Å². The second-order valence-electron chi connectivity index (χ2n) is 3.72. The molecule has 1 atom stereocenters. The van der Waals surface area contributed by atoms with Gasteiger partial charge in [-0.25, -0.2) is 0 Å². The van der Waals surface area contributed by atoms with Gasteiger partial charge in [-0.15, -0.1) is 0 Å². The predicted octanol–water partition coefficient (Wildman–Crippen LogP) is 1.95. The first kappa shape index (κ1) is 7.80. The maximum Gasteiger partial charge on any atom is 0.0137 e. The van der Waals surface area contributed by atoms with E-state index in [1.54, 1.807) is 0 Å². The van der Waals surface area contributed by atoms with Crippen LogP contribution in [-0.2, 0) is 0 Å². The molecule has 1 fully saturated rings. The summed E-state index contributed by atoms with van der Waals surface area (Å²) in [5.74, 6) is 0. The minimum Gasteiger partial charge on any atom is -0.310 e. The average molecular weight is 139 g/mol. The first-order valence-electron chi connectivity index (χ1n) is 4.01. The Morgan fingerprint density at radius 3 is 2.60 bits per heavy atom. The molecule has 1 unspecified atom stereocenters. The third-order valence-electron chi connectivity index (χ3n) is 2.23. The number of allylic oxidation sites excluding steroid dienone is 1. The summed E-state index contributed by atoms with van der Waals surface area (Å²) in [4.78, 5) is 0. The van der Waals surface area contributed by atoms with Gasteiger partial charge in [0.15, 0.2) is 0 Å². The van der Waals surface area contributed by atoms with Crippen LogP contribution in [0.4, 0.5) is 0 Å². The lowest BCUT2D eigenvalue weighted by Gasteiger charge is -2.02. The van der Waals surface area contributed by atoms with Crippen molar-refractivity contribution in [1.29, 1.82) is 0 Å². The molecule has 1 nitrogen and oxygen atoms in total. The fraction of sp³-hybridized carbons (Fsp3) is 0.778. The van der Waals surface area contributed by atoms with Crippen molar-refractivity contribution in [2.24, 2.45) is 5.41 Å². The van der Waals surface area contributed by atoms with Crippen LogP contribution in [0.3, 0.4) is 0 Å². The van der Waals surface area contributed by atoms with Gasteiger partial charge < -0.3 is 5.32 Å². The summed E-state index contributed by atoms with van der Waals surface area (Å²) in [7, 11) is 0. The van der Waals surface area contributed by atoms with E-state index in [4.69, 9.17) is 0 Å². The Morgan fingerprint density at radius 2 is 2.20 bits per heavy atom. The minimum absolute atomic E-state index is 0.571. The molecule has 58 valence electrons. The molecule has 1 aliphatic rings. The van der Waals surface area contributed by atoms with Crippen molar-refractivity contribution >= 4 is 0 Å². The van der Waals surface area contributed by atoms with E-state index in [1.165, 1.54) is 6.42 Å². The molecule has 1 N–H and O–H groups in total. The Kier molecular flexibility index (Phi) is 2.14. The van der Waals surface area contributed by atoms with Crippen molar-refractivity contribution in [3.63, 3.8) is 0 Å². The smallest absolute Gasteiger partial charge is 0.0137 e. The van der Waals surface area contributed by atoms with Crippen LogP contribution >= 0.6 is 0 Å². The molecular weight excluding hydrogens is 122 g/mol. The zero-order valence-electron chi connectivity index (χ0n) is 7.15. The van der Waals surface area contributed by atoms with E-state index in [2.05, 4.69) is 38.2 Å². The fourth-order valence-corrected chi connectivity index (χ4v) is 1.14. The molecule has 0 aromatic heterocycles. The lowest BCUT2D eigenvalue weighted by molar-refractivity contribution is 0.561. The van der Waals surface area contributed by atoms with E-state index in [0.717, 1.165) is 12.6 Å². The number of rotatable bonds is 3. The Bertz CT molecular complexity index is 136. The van der Waals surface area contributed by atoms with Crippen molar-refractivity contribution in [1.82, 2.24) is 5.32 Å². The second kappa shape index (κ2) is 2.75. The summed E-state index contributed by atoms with van der Waals surface area (Å²) < 4.78 is 0. The highest BCUT2D eigenvalue weighted by Gasteiger charge is 2.44. The molecule has 1 aliphatic carbocycles. The molecule has 0 heterocycles. The van der Waals surface area contributed by atoms with E-state index in [0.29, 0.717) is 5.41 Å². The highest BCUT2D eigenvalue weighted by atomic mass is 15.0. The molecule has 0 saturated heterocycles. The third-order valence-corrected chi connectivity index (χ3v) is 2.23. The fourth-order valence-electron chi connectivity index (χ4n) is 1.14. The van der Waals surface area contributed by atoms with Gasteiger partial charge in [0.1, 0.15) is 0 Å². The highest BCUT2D eigenvalue weighted by Crippen LogP contribution is 2.44. The minimum atomic E-state index is 0.571. The van der Waals surface area contributed by atoms with Crippen molar-refractivity contribution in [3.8, 4) is 0 Å². The topological polar surface area (TPSA) is 12.0 Å². The highest BCUT2D eigenvalue weighted by molar-refractivity contribution is 5.02. The molecule has 0 bridgehead atoms. The maximum atomic E-state index is 3.46. The van der Waals surface area contributed by atoms with Gasteiger partial charge in [0.05, 0.1) is 0 Å². The van der Waals surface area contributed by atoms with Crippen molar-refractivity contribution in [2.45, 2.75) is 33.2 Å². The molecule has 1 saturated carbocycles. The number of hydrogen-bond acceptors (Lipinski definition) is 1. The molecule has 0 spiro atoms. The van der Waals surface area contributed by atoms with E-state index >= 15 is 0 Å². The largest absolute Gasteiger partial charge is 0.310 e. The van der Waals surface area contributed by atoms with Gasteiger partial charge in [0.25, 0.3) is 0 Å². The van der Waals surface area contributed by atoms with Crippen LogP contribution in [0.15, 0.2) is 12.2 Å². The molecule has 1 rings (SSSR count). The van der Waals surface area contributed by atoms with Crippen LogP contribution in [0, 0.1) is 5.41 Å². The van der Waals surface area contributed by atoms with Gasteiger partial charge in [-0.05, 0) is 18.8 Å². The van der Waals surface area contributed by atoms with E-state index < -0.39 is 0 Å². The number of nitrogens with one attached hydrogen (secondary N) is 1. The normalized spacial score (nSPS) is 29.3. The summed E-state index contributed by atoms with van der Waals surface area (Å²) in [6, 6.07) is 0.767. The molecular formula is C9H17N. The van der Waals surface area contributed by atoms with Gasteiger partial charge in [-0.3, -0.25) is 0 Å². The van der Waals surface area contributed by atoms with Crippen LogP contribution in [0.1, 0.15) is 27.2 Å². The first-order chi connectivity index (χ1) is 4.67. The van der Waals surface area contributed by atoms with Crippen molar-refractivity contribution in [2.75, 3.05) is 6.54 Å². The predicted molar refractivity (Wildman–Crippen MR) is 45.0 cm³/mol. The van der Waals surface area contributed by atoms with Crippen molar-refractivity contribution in [3.05, 3.63) is 12.2 Å². The molecule has 0 radical (unpaired) electrons. The Hall–Kier alpha value is -0.300. The van der Waals surface area contributed by atoms with Gasteiger partial charge in [0, 0.05) is 12.6 Å². The summed E-state index contributed by atoms with van der Waals surface area (Å²) in [6.45, 7) is 7.70. The van der Waals surface area contributed by atoms with E-state index in [9.17, 15) is 0 Å². The average Bonchev–Trinajstić information content (AvgIpc) is 2.41. The SMILES string of the molecule is C/C=C/CNC1CC1(C)C. The zero-order chi connectivity index (χ0) is 7.61. The third kappa shape index (κ3) is 1.84. The lowest BCUT2D eigenvalue weighted by Crippen LogP contribution is -2.20. The van der Waals surface area contributed by atoms with E-state index in [-0.39, 0.29) is 0 Å². The molecule has 1 heteroatoms. The quantitative estimate of drug-likeness (QED) is 0.589. The monoisotopic (exact) mass is 139 g/mol. The van der Waals surface area contributed by atoms with Crippen LogP contribution in [0.2, 0.25) is 0 Å². The van der Waals surface area contributed by atoms with Gasteiger partial charge in [-0.2, -0.15) is 0 Å². The summed E-state index contributed by atoms with van der Waals surface area (Å²) in [6.07, 6.45) is 5.58. The summed E-state index contributed by atoms with van der Waals surface area (Å²) in [5.41, 5.74) is 0.571. The van der Waals surface area contributed by atoms with Gasteiger partial charge in [-0.1, -0.05) is 26.0 Å². The van der Waals surface area contributed by atoms with Gasteiger partial charge >= 0.3 is 0 Å². The van der Waals surface area contributed by atoms with Crippen molar-refractivity contribution < 1.29 is 0 Å². The number of hydrogen-bond donors (Lipinski definition) is 1. The second-order valence-corrected chi connectivity index (χ2v) is 3.72. The lowest BCUT2D eigenvalue weighted by atomic mass is 10.2. The van der Waals surface area contributed by atoms with Crippen LogP contribution in [-0.4, -0.2) is 12.6 Å². The molecule has 0 aliphatic heterocycles. The molecule has 10 heavy (non-hydrogen) atoms. The van der Waals surface area contributed by atoms with Gasteiger partial charge in [0.2, 0.25) is 0 Å². The Morgan fingerprint density at radius 1 is 1.60 bits per heavy atom.